The van der Waals surface area contributed by atoms with Crippen molar-refractivity contribution in [1.29, 1.82) is 0 Å². The summed E-state index contributed by atoms with van der Waals surface area (Å²) in [5.41, 5.74) is 0. The number of rotatable bonds is 36. The number of unbranched alkanes of at least 4 members (excludes halogenated alkanes) is 19. The Kier molecular flexibility index (Phi) is 36.9. The SMILES string of the molecule is CCC/C=C\C/C=C\CCCCCCCC(=O)OCCCCCC/C=C\CCCC(=O)NC(CO)C(O)/C=C/CCCCCCCCCC. The molecule has 0 rings (SSSR count). The quantitative estimate of drug-likeness (QED) is 0.0346. The Hall–Kier alpha value is -2.18. The monoisotopic (exact) mass is 688 g/mol. The summed E-state index contributed by atoms with van der Waals surface area (Å²) in [7, 11) is 0. The first-order valence-corrected chi connectivity index (χ1v) is 20.4. The van der Waals surface area contributed by atoms with E-state index in [-0.39, 0.29) is 18.5 Å². The van der Waals surface area contributed by atoms with Crippen LogP contribution in [0.15, 0.2) is 48.6 Å². The van der Waals surface area contributed by atoms with Crippen LogP contribution in [0.5, 0.6) is 0 Å². The first kappa shape index (κ1) is 46.8. The minimum atomic E-state index is -0.874. The summed E-state index contributed by atoms with van der Waals surface area (Å²) < 4.78 is 5.40. The highest BCUT2D eigenvalue weighted by Crippen LogP contribution is 2.12. The first-order valence-electron chi connectivity index (χ1n) is 20.4. The van der Waals surface area contributed by atoms with Crippen LogP contribution in [0.1, 0.15) is 187 Å². The second kappa shape index (κ2) is 38.6. The van der Waals surface area contributed by atoms with Gasteiger partial charge in [-0.3, -0.25) is 9.59 Å². The van der Waals surface area contributed by atoms with Crippen LogP contribution < -0.4 is 5.32 Å². The summed E-state index contributed by atoms with van der Waals surface area (Å²) in [6, 6.07) is -0.665. The smallest absolute Gasteiger partial charge is 0.305 e. The molecule has 0 aliphatic heterocycles. The lowest BCUT2D eigenvalue weighted by molar-refractivity contribution is -0.143. The molecule has 0 aromatic rings. The van der Waals surface area contributed by atoms with Gasteiger partial charge in [0.15, 0.2) is 0 Å². The number of hydrogen-bond donors (Lipinski definition) is 3. The fourth-order valence-corrected chi connectivity index (χ4v) is 5.61. The Labute approximate surface area is 302 Å². The van der Waals surface area contributed by atoms with Gasteiger partial charge in [-0.05, 0) is 77.0 Å². The van der Waals surface area contributed by atoms with E-state index in [0.717, 1.165) is 83.5 Å². The molecule has 0 aliphatic carbocycles. The third kappa shape index (κ3) is 35.4. The largest absolute Gasteiger partial charge is 0.466 e. The molecule has 0 aromatic carbocycles. The summed E-state index contributed by atoms with van der Waals surface area (Å²) in [5, 5.41) is 22.8. The third-order valence-corrected chi connectivity index (χ3v) is 8.79. The lowest BCUT2D eigenvalue weighted by Crippen LogP contribution is -2.45. The van der Waals surface area contributed by atoms with Gasteiger partial charge in [0, 0.05) is 12.8 Å². The topological polar surface area (TPSA) is 95.9 Å². The van der Waals surface area contributed by atoms with Gasteiger partial charge < -0.3 is 20.3 Å². The summed E-state index contributed by atoms with van der Waals surface area (Å²) in [5.74, 6) is -0.191. The average molecular weight is 688 g/mol. The van der Waals surface area contributed by atoms with E-state index in [1.165, 1.54) is 77.0 Å². The summed E-state index contributed by atoms with van der Waals surface area (Å²) in [6.07, 6.45) is 45.2. The molecule has 0 aromatic heterocycles. The number of nitrogens with one attached hydrogen (secondary N) is 1. The van der Waals surface area contributed by atoms with Crippen molar-refractivity contribution in [2.24, 2.45) is 0 Å². The molecule has 0 radical (unpaired) electrons. The Bertz CT molecular complexity index is 849. The minimum absolute atomic E-state index is 0.0556. The van der Waals surface area contributed by atoms with Crippen LogP contribution in [-0.2, 0) is 14.3 Å². The molecule has 3 N–H and O–H groups in total. The van der Waals surface area contributed by atoms with Gasteiger partial charge in [0.05, 0.1) is 25.4 Å². The molecule has 49 heavy (non-hydrogen) atoms. The number of carbonyl (C=O) groups is 2. The van der Waals surface area contributed by atoms with Crippen LogP contribution in [0.25, 0.3) is 0 Å². The zero-order valence-electron chi connectivity index (χ0n) is 31.9. The molecule has 6 nitrogen and oxygen atoms in total. The number of esters is 1. The highest BCUT2D eigenvalue weighted by Gasteiger charge is 2.17. The lowest BCUT2D eigenvalue weighted by Gasteiger charge is -2.19. The Morgan fingerprint density at radius 3 is 1.69 bits per heavy atom. The van der Waals surface area contributed by atoms with Gasteiger partial charge in [-0.1, -0.05) is 146 Å². The number of aliphatic hydroxyl groups excluding tert-OH is 2. The van der Waals surface area contributed by atoms with Crippen LogP contribution in [0.2, 0.25) is 0 Å². The predicted octanol–water partition coefficient (Wildman–Crippen LogP) is 11.2. The van der Waals surface area contributed by atoms with E-state index in [9.17, 15) is 19.8 Å². The molecule has 1 amide bonds. The van der Waals surface area contributed by atoms with E-state index in [0.29, 0.717) is 19.4 Å². The molecule has 284 valence electrons. The van der Waals surface area contributed by atoms with Gasteiger partial charge in [-0.2, -0.15) is 0 Å². The molecular formula is C43H77NO5. The fraction of sp³-hybridized carbons (Fsp3) is 0.767. The van der Waals surface area contributed by atoms with Crippen molar-refractivity contribution in [3.8, 4) is 0 Å². The summed E-state index contributed by atoms with van der Waals surface area (Å²) in [4.78, 5) is 24.3. The number of carbonyl (C=O) groups excluding carboxylic acids is 2. The first-order chi connectivity index (χ1) is 24.0. The minimum Gasteiger partial charge on any atom is -0.466 e. The molecular weight excluding hydrogens is 610 g/mol. The van der Waals surface area contributed by atoms with Crippen molar-refractivity contribution in [2.75, 3.05) is 13.2 Å². The zero-order chi connectivity index (χ0) is 35.9. The van der Waals surface area contributed by atoms with Gasteiger partial charge >= 0.3 is 5.97 Å². The maximum Gasteiger partial charge on any atom is 0.305 e. The van der Waals surface area contributed by atoms with Crippen LogP contribution in [0.4, 0.5) is 0 Å². The van der Waals surface area contributed by atoms with Gasteiger partial charge in [0.2, 0.25) is 5.91 Å². The zero-order valence-corrected chi connectivity index (χ0v) is 31.9. The Morgan fingerprint density at radius 1 is 0.571 bits per heavy atom. The number of hydrogen-bond acceptors (Lipinski definition) is 5. The van der Waals surface area contributed by atoms with E-state index in [1.54, 1.807) is 6.08 Å². The normalized spacial score (nSPS) is 13.3. The van der Waals surface area contributed by atoms with Crippen molar-refractivity contribution >= 4 is 11.9 Å². The summed E-state index contributed by atoms with van der Waals surface area (Å²) >= 11 is 0. The van der Waals surface area contributed by atoms with Crippen LogP contribution in [-0.4, -0.2) is 47.4 Å². The summed E-state index contributed by atoms with van der Waals surface area (Å²) in [6.45, 7) is 4.68. The van der Waals surface area contributed by atoms with Gasteiger partial charge in [-0.25, -0.2) is 0 Å². The highest BCUT2D eigenvalue weighted by molar-refractivity contribution is 5.76. The van der Waals surface area contributed by atoms with Crippen molar-refractivity contribution in [3.05, 3.63) is 48.6 Å². The lowest BCUT2D eigenvalue weighted by atomic mass is 10.1. The second-order valence-corrected chi connectivity index (χ2v) is 13.6. The second-order valence-electron chi connectivity index (χ2n) is 13.6. The molecule has 0 saturated heterocycles. The average Bonchev–Trinajstić information content (AvgIpc) is 3.10. The molecule has 0 fully saturated rings. The van der Waals surface area contributed by atoms with Gasteiger partial charge in [-0.15, -0.1) is 0 Å². The highest BCUT2D eigenvalue weighted by atomic mass is 16.5. The van der Waals surface area contributed by atoms with E-state index >= 15 is 0 Å². The van der Waals surface area contributed by atoms with Crippen LogP contribution >= 0.6 is 0 Å². The van der Waals surface area contributed by atoms with Gasteiger partial charge in [0.1, 0.15) is 0 Å². The molecule has 0 bridgehead atoms. The maximum atomic E-state index is 12.3. The van der Waals surface area contributed by atoms with Gasteiger partial charge in [0.25, 0.3) is 0 Å². The van der Waals surface area contributed by atoms with E-state index < -0.39 is 12.1 Å². The van der Waals surface area contributed by atoms with Crippen molar-refractivity contribution in [1.82, 2.24) is 5.32 Å². The van der Waals surface area contributed by atoms with Crippen molar-refractivity contribution < 1.29 is 24.5 Å². The maximum absolute atomic E-state index is 12.3. The van der Waals surface area contributed by atoms with Crippen LogP contribution in [0, 0.1) is 0 Å². The molecule has 0 saturated carbocycles. The van der Waals surface area contributed by atoms with E-state index in [2.05, 4.69) is 55.6 Å². The number of aliphatic hydroxyl groups is 2. The number of allylic oxidation sites excluding steroid dienone is 7. The molecule has 0 spiro atoms. The van der Waals surface area contributed by atoms with Crippen LogP contribution in [0.3, 0.4) is 0 Å². The Morgan fingerprint density at radius 2 is 1.08 bits per heavy atom. The molecule has 6 heteroatoms. The third-order valence-electron chi connectivity index (χ3n) is 8.79. The molecule has 0 aliphatic rings. The number of amides is 1. The number of ether oxygens (including phenoxy) is 1. The van der Waals surface area contributed by atoms with Crippen molar-refractivity contribution in [3.63, 3.8) is 0 Å². The predicted molar refractivity (Wildman–Crippen MR) is 209 cm³/mol. The molecule has 2 atom stereocenters. The standard InChI is InChI=1S/C43H77NO5/c1-3-5-7-9-11-13-15-16-17-21-25-29-33-37-43(48)49-38-34-30-26-22-18-20-24-28-32-36-42(47)44-40(39-45)41(46)35-31-27-23-19-14-12-10-8-6-4-2/h7,9,13,15,20,24,31,35,40-41,45-46H,3-6,8,10-12,14,16-19,21-23,25-30,32-34,36-39H2,1-2H3,(H,44,47)/b9-7-,15-13-,24-20-,35-31+. The Balaban J connectivity index is 3.63. The molecule has 0 heterocycles. The van der Waals surface area contributed by atoms with E-state index in [4.69, 9.17) is 4.74 Å². The molecule has 2 unspecified atom stereocenters. The fourth-order valence-electron chi connectivity index (χ4n) is 5.61. The van der Waals surface area contributed by atoms with E-state index in [1.807, 2.05) is 6.08 Å². The van der Waals surface area contributed by atoms with Crippen molar-refractivity contribution in [2.45, 2.75) is 199 Å².